The molecule has 0 saturated heterocycles. The minimum Gasteiger partial charge on any atom is -0.494 e. The van der Waals surface area contributed by atoms with E-state index in [0.29, 0.717) is 13.0 Å². The Bertz CT molecular complexity index is 1090. The maximum absolute atomic E-state index is 11.2. The van der Waals surface area contributed by atoms with Crippen molar-refractivity contribution < 1.29 is 9.53 Å². The third-order valence-electron chi connectivity index (χ3n) is 5.21. The molecule has 0 fully saturated rings. The van der Waals surface area contributed by atoms with Crippen molar-refractivity contribution in [2.24, 2.45) is 5.92 Å². The van der Waals surface area contributed by atoms with Crippen LogP contribution in [-0.2, 0) is 16.0 Å². The fourth-order valence-electron chi connectivity index (χ4n) is 3.55. The van der Waals surface area contributed by atoms with Gasteiger partial charge in [0.15, 0.2) is 0 Å². The van der Waals surface area contributed by atoms with Crippen molar-refractivity contribution >= 4 is 28.7 Å². The lowest BCUT2D eigenvalue weighted by Gasteiger charge is -2.09. The van der Waals surface area contributed by atoms with Gasteiger partial charge in [0.25, 0.3) is 0 Å². The summed E-state index contributed by atoms with van der Waals surface area (Å²) >= 11 is 0. The number of hydrogen-bond donors (Lipinski definition) is 2. The molecule has 154 valence electrons. The van der Waals surface area contributed by atoms with Gasteiger partial charge in [0, 0.05) is 29.6 Å². The number of carbonyl (C=O) groups excluding carboxylic acids is 1. The molecule has 0 amide bonds. The first-order chi connectivity index (χ1) is 14.7. The third kappa shape index (κ3) is 4.74. The summed E-state index contributed by atoms with van der Waals surface area (Å²) in [6, 6.07) is 7.83. The average molecular weight is 403 g/mol. The highest BCUT2D eigenvalue weighted by atomic mass is 16.5. The Labute approximate surface area is 175 Å². The molecule has 0 bridgehead atoms. The van der Waals surface area contributed by atoms with E-state index in [1.165, 1.54) is 5.57 Å². The fraction of sp³-hybridized carbons (Fsp3) is 0.304. The largest absolute Gasteiger partial charge is 0.494 e. The summed E-state index contributed by atoms with van der Waals surface area (Å²) in [4.78, 5) is 20.1. The Morgan fingerprint density at radius 1 is 1.33 bits per heavy atom. The summed E-state index contributed by atoms with van der Waals surface area (Å²) in [5.41, 5.74) is 3.13. The second-order valence-corrected chi connectivity index (χ2v) is 7.32. The molecule has 1 aliphatic rings. The number of nitrogens with one attached hydrogen (secondary N) is 2. The normalized spacial score (nSPS) is 17.2. The van der Waals surface area contributed by atoms with Crippen molar-refractivity contribution in [1.82, 2.24) is 20.2 Å². The van der Waals surface area contributed by atoms with Gasteiger partial charge in [0.05, 0.1) is 18.3 Å². The van der Waals surface area contributed by atoms with E-state index >= 15 is 0 Å². The lowest BCUT2D eigenvalue weighted by Crippen LogP contribution is -2.03. The van der Waals surface area contributed by atoms with Crippen LogP contribution in [0.1, 0.15) is 32.0 Å². The van der Waals surface area contributed by atoms with Crippen molar-refractivity contribution in [2.75, 3.05) is 11.9 Å². The molecule has 1 atom stereocenters. The van der Waals surface area contributed by atoms with Gasteiger partial charge in [-0.2, -0.15) is 5.10 Å². The van der Waals surface area contributed by atoms with Crippen LogP contribution in [0.25, 0.3) is 10.9 Å². The number of allylic oxidation sites excluding steroid dienone is 3. The smallest absolute Gasteiger partial charge is 0.134 e. The minimum absolute atomic E-state index is 0.0539. The number of ether oxygens (including phenoxy) is 1. The van der Waals surface area contributed by atoms with E-state index in [1.807, 2.05) is 36.4 Å². The van der Waals surface area contributed by atoms with Gasteiger partial charge in [0.1, 0.15) is 23.7 Å². The zero-order valence-electron chi connectivity index (χ0n) is 17.0. The van der Waals surface area contributed by atoms with Crippen molar-refractivity contribution in [3.8, 4) is 0 Å². The highest BCUT2D eigenvalue weighted by molar-refractivity contribution is 5.82. The first kappa shape index (κ1) is 19.8. The summed E-state index contributed by atoms with van der Waals surface area (Å²) in [5.74, 6) is 2.39. The first-order valence-corrected chi connectivity index (χ1v) is 10.2. The molecule has 1 aromatic carbocycles. The Balaban J connectivity index is 1.43. The zero-order chi connectivity index (χ0) is 20.8. The number of aromatic amines is 1. The van der Waals surface area contributed by atoms with Gasteiger partial charge in [-0.1, -0.05) is 13.0 Å². The van der Waals surface area contributed by atoms with Gasteiger partial charge in [-0.05, 0) is 55.2 Å². The molecular formula is C23H25N5O2. The molecule has 0 saturated carbocycles. The van der Waals surface area contributed by atoms with Gasteiger partial charge in [0.2, 0.25) is 0 Å². The first-order valence-electron chi connectivity index (χ1n) is 10.2. The Kier molecular flexibility index (Phi) is 6.17. The summed E-state index contributed by atoms with van der Waals surface area (Å²) in [7, 11) is 0. The molecule has 7 nitrogen and oxygen atoms in total. The van der Waals surface area contributed by atoms with E-state index in [-0.39, 0.29) is 5.92 Å². The lowest BCUT2D eigenvalue weighted by molar-refractivity contribution is -0.111. The Morgan fingerprint density at radius 2 is 2.27 bits per heavy atom. The van der Waals surface area contributed by atoms with E-state index in [1.54, 1.807) is 12.4 Å². The van der Waals surface area contributed by atoms with E-state index < -0.39 is 0 Å². The quantitative estimate of drug-likeness (QED) is 0.565. The molecule has 30 heavy (non-hydrogen) atoms. The van der Waals surface area contributed by atoms with Crippen LogP contribution in [0.3, 0.4) is 0 Å². The molecular weight excluding hydrogens is 378 g/mol. The van der Waals surface area contributed by atoms with Crippen molar-refractivity contribution in [3.05, 3.63) is 66.0 Å². The molecule has 3 aromatic rings. The molecule has 3 heterocycles. The standard InChI is InChI=1S/C23H25N5O2/c1-2-17-12-16(15-29)9-11-30-21(17)4-3-5-22-24-10-8-23(27-22)26-19-6-7-20-18(13-19)14-25-28-20/h3-4,6-8,10,13-16H,2,5,9,11-12H2,1H3,(H,25,28)(H,24,26,27)/b4-3-. The third-order valence-corrected chi connectivity index (χ3v) is 5.21. The molecule has 1 aliphatic heterocycles. The molecule has 2 N–H and O–H groups in total. The SMILES string of the molecule is CCC1=C(/C=C\Cc2nccc(Nc3ccc4[nH]ncc4c3)n2)OCCC(C=O)C1. The molecule has 1 unspecified atom stereocenters. The van der Waals surface area contributed by atoms with Gasteiger partial charge in [-0.3, -0.25) is 5.10 Å². The number of fused-ring (bicyclic) bond motifs is 1. The number of hydrogen-bond acceptors (Lipinski definition) is 6. The maximum Gasteiger partial charge on any atom is 0.134 e. The van der Waals surface area contributed by atoms with E-state index in [9.17, 15) is 4.79 Å². The van der Waals surface area contributed by atoms with Crippen molar-refractivity contribution in [1.29, 1.82) is 0 Å². The van der Waals surface area contributed by atoms with Crippen molar-refractivity contribution in [3.63, 3.8) is 0 Å². The molecule has 2 aromatic heterocycles. The fourth-order valence-corrected chi connectivity index (χ4v) is 3.55. The van der Waals surface area contributed by atoms with Crippen LogP contribution in [0, 0.1) is 5.92 Å². The average Bonchev–Trinajstić information content (AvgIpc) is 3.14. The summed E-state index contributed by atoms with van der Waals surface area (Å²) in [5, 5.41) is 11.3. The van der Waals surface area contributed by atoms with Crippen LogP contribution >= 0.6 is 0 Å². The highest BCUT2D eigenvalue weighted by Gasteiger charge is 2.17. The number of carbonyl (C=O) groups is 1. The highest BCUT2D eigenvalue weighted by Crippen LogP contribution is 2.26. The van der Waals surface area contributed by atoms with E-state index in [0.717, 1.165) is 59.5 Å². The van der Waals surface area contributed by atoms with Gasteiger partial charge in [-0.15, -0.1) is 0 Å². The van der Waals surface area contributed by atoms with Crippen LogP contribution in [0.4, 0.5) is 11.5 Å². The number of rotatable bonds is 7. The monoisotopic (exact) mass is 403 g/mol. The van der Waals surface area contributed by atoms with Crippen molar-refractivity contribution in [2.45, 2.75) is 32.6 Å². The van der Waals surface area contributed by atoms with Crippen LogP contribution in [0.5, 0.6) is 0 Å². The topological polar surface area (TPSA) is 92.8 Å². The van der Waals surface area contributed by atoms with Crippen LogP contribution in [-0.4, -0.2) is 33.1 Å². The lowest BCUT2D eigenvalue weighted by atomic mass is 9.96. The Hall–Kier alpha value is -3.48. The predicted molar refractivity (Wildman–Crippen MR) is 116 cm³/mol. The van der Waals surface area contributed by atoms with Crippen LogP contribution < -0.4 is 5.32 Å². The van der Waals surface area contributed by atoms with Crippen LogP contribution in [0.15, 0.2) is 60.1 Å². The second kappa shape index (κ2) is 9.35. The Morgan fingerprint density at radius 3 is 3.13 bits per heavy atom. The van der Waals surface area contributed by atoms with Gasteiger partial charge < -0.3 is 14.8 Å². The molecule has 4 rings (SSSR count). The molecule has 0 aliphatic carbocycles. The summed E-state index contributed by atoms with van der Waals surface area (Å²) in [6.07, 6.45) is 11.6. The summed E-state index contributed by atoms with van der Waals surface area (Å²) < 4.78 is 5.88. The minimum atomic E-state index is 0.0539. The number of H-pyrrole nitrogens is 1. The van der Waals surface area contributed by atoms with Gasteiger partial charge >= 0.3 is 0 Å². The second-order valence-electron chi connectivity index (χ2n) is 7.32. The summed E-state index contributed by atoms with van der Waals surface area (Å²) in [6.45, 7) is 2.67. The van der Waals surface area contributed by atoms with E-state index in [4.69, 9.17) is 4.74 Å². The maximum atomic E-state index is 11.2. The predicted octanol–water partition coefficient (Wildman–Crippen LogP) is 4.48. The number of benzene rings is 1. The molecule has 7 heteroatoms. The van der Waals surface area contributed by atoms with Crippen LogP contribution in [0.2, 0.25) is 0 Å². The number of anilines is 2. The molecule has 0 spiro atoms. The molecule has 0 radical (unpaired) electrons. The number of aromatic nitrogens is 4. The number of aldehydes is 1. The van der Waals surface area contributed by atoms with Gasteiger partial charge in [-0.25, -0.2) is 9.97 Å². The zero-order valence-corrected chi connectivity index (χ0v) is 17.0. The number of nitrogens with zero attached hydrogens (tertiary/aromatic N) is 3. The van der Waals surface area contributed by atoms with E-state index in [2.05, 4.69) is 32.4 Å².